The normalized spacial score (nSPS) is 12.8. The Labute approximate surface area is 76.7 Å². The van der Waals surface area contributed by atoms with Gasteiger partial charge in [-0.15, -0.1) is 0 Å². The van der Waals surface area contributed by atoms with Crippen LogP contribution in [0.2, 0.25) is 0 Å². The van der Waals surface area contributed by atoms with Crippen LogP contribution in [0.5, 0.6) is 0 Å². The highest BCUT2D eigenvalue weighted by atomic mass is 16.5. The van der Waals surface area contributed by atoms with Crippen LogP contribution in [0.4, 0.5) is 0 Å². The van der Waals surface area contributed by atoms with Gasteiger partial charge in [0.1, 0.15) is 6.61 Å². The summed E-state index contributed by atoms with van der Waals surface area (Å²) < 4.78 is 4.83. The van der Waals surface area contributed by atoms with Crippen LogP contribution in [0.3, 0.4) is 0 Å². The Balaban J connectivity index is 3.04. The Morgan fingerprint density at radius 3 is 2.85 bits per heavy atom. The van der Waals surface area contributed by atoms with Crippen LogP contribution in [0.1, 0.15) is 0 Å². The third-order valence-electron chi connectivity index (χ3n) is 1.26. The van der Waals surface area contributed by atoms with E-state index >= 15 is 0 Å². The van der Waals surface area contributed by atoms with E-state index in [1.807, 2.05) is 0 Å². The molecule has 1 amide bonds. The largest absolute Gasteiger partial charge is 0.394 e. The molecule has 0 aromatic rings. The first-order chi connectivity index (χ1) is 6.16. The smallest absolute Gasteiger partial charge is 0.243 e. The molecule has 0 radical (unpaired) electrons. The summed E-state index contributed by atoms with van der Waals surface area (Å²) >= 11 is 0. The molecule has 0 aliphatic carbocycles. The molecule has 0 bridgehead atoms. The summed E-state index contributed by atoms with van der Waals surface area (Å²) in [5.41, 5.74) is 4.82. The van der Waals surface area contributed by atoms with Crippen molar-refractivity contribution in [3.63, 3.8) is 0 Å². The van der Waals surface area contributed by atoms with Gasteiger partial charge in [0.15, 0.2) is 0 Å². The average molecular weight is 192 g/mol. The van der Waals surface area contributed by atoms with Gasteiger partial charge in [0, 0.05) is 13.1 Å². The van der Waals surface area contributed by atoms with E-state index in [2.05, 4.69) is 5.32 Å². The van der Waals surface area contributed by atoms with E-state index < -0.39 is 12.0 Å². The van der Waals surface area contributed by atoms with Gasteiger partial charge in [-0.1, -0.05) is 0 Å². The quantitative estimate of drug-likeness (QED) is 0.316. The van der Waals surface area contributed by atoms with Crippen molar-refractivity contribution in [1.82, 2.24) is 5.32 Å². The van der Waals surface area contributed by atoms with E-state index in [1.165, 1.54) is 0 Å². The monoisotopic (exact) mass is 192 g/mol. The first-order valence-corrected chi connectivity index (χ1v) is 4.02. The molecule has 0 aromatic heterocycles. The van der Waals surface area contributed by atoms with Gasteiger partial charge in [0.2, 0.25) is 5.91 Å². The predicted molar refractivity (Wildman–Crippen MR) is 46.0 cm³/mol. The lowest BCUT2D eigenvalue weighted by molar-refractivity contribution is -0.122. The van der Waals surface area contributed by atoms with Crippen LogP contribution in [0, 0.1) is 0 Å². The molecule has 0 aliphatic rings. The number of amides is 1. The van der Waals surface area contributed by atoms with Crippen molar-refractivity contribution in [3.8, 4) is 0 Å². The zero-order chi connectivity index (χ0) is 10.1. The molecule has 0 rings (SSSR count). The summed E-state index contributed by atoms with van der Waals surface area (Å²) in [6.45, 7) is 0.793. The molecule has 0 saturated heterocycles. The van der Waals surface area contributed by atoms with E-state index in [0.29, 0.717) is 19.7 Å². The van der Waals surface area contributed by atoms with E-state index in [4.69, 9.17) is 20.7 Å². The van der Waals surface area contributed by atoms with Crippen molar-refractivity contribution in [3.05, 3.63) is 0 Å². The zero-order valence-electron chi connectivity index (χ0n) is 7.40. The number of aliphatic hydroxyl groups excluding tert-OH is 2. The molecule has 6 nitrogen and oxygen atoms in total. The fourth-order valence-corrected chi connectivity index (χ4v) is 0.650. The first-order valence-electron chi connectivity index (χ1n) is 4.02. The SMILES string of the molecule is NC(=O)COCCNCC(O)CO. The highest BCUT2D eigenvalue weighted by Gasteiger charge is 1.99. The molecule has 0 aliphatic heterocycles. The lowest BCUT2D eigenvalue weighted by Gasteiger charge is -2.08. The maximum Gasteiger partial charge on any atom is 0.243 e. The minimum Gasteiger partial charge on any atom is -0.394 e. The van der Waals surface area contributed by atoms with E-state index in [1.54, 1.807) is 0 Å². The Morgan fingerprint density at radius 2 is 2.31 bits per heavy atom. The van der Waals surface area contributed by atoms with Gasteiger partial charge in [-0.2, -0.15) is 0 Å². The molecule has 13 heavy (non-hydrogen) atoms. The number of primary amides is 1. The Kier molecular flexibility index (Phi) is 7.51. The minimum atomic E-state index is -0.754. The topological polar surface area (TPSA) is 105 Å². The summed E-state index contributed by atoms with van der Waals surface area (Å²) in [5.74, 6) is -0.504. The molecule has 6 heteroatoms. The van der Waals surface area contributed by atoms with Crippen molar-refractivity contribution in [2.24, 2.45) is 5.73 Å². The highest BCUT2D eigenvalue weighted by molar-refractivity contribution is 5.74. The third-order valence-corrected chi connectivity index (χ3v) is 1.26. The van der Waals surface area contributed by atoms with Crippen LogP contribution < -0.4 is 11.1 Å². The molecular weight excluding hydrogens is 176 g/mol. The van der Waals surface area contributed by atoms with Crippen molar-refractivity contribution < 1.29 is 19.7 Å². The molecule has 5 N–H and O–H groups in total. The summed E-state index contributed by atoms with van der Waals surface area (Å²) in [6.07, 6.45) is -0.754. The summed E-state index contributed by atoms with van der Waals surface area (Å²) in [5, 5.41) is 20.1. The number of carbonyl (C=O) groups excluding carboxylic acids is 1. The highest BCUT2D eigenvalue weighted by Crippen LogP contribution is 1.77. The summed E-state index contributed by atoms with van der Waals surface area (Å²) in [6, 6.07) is 0. The van der Waals surface area contributed by atoms with Gasteiger partial charge in [-0.05, 0) is 0 Å². The Morgan fingerprint density at radius 1 is 1.62 bits per heavy atom. The molecule has 78 valence electrons. The van der Waals surface area contributed by atoms with Crippen molar-refractivity contribution in [2.45, 2.75) is 6.10 Å². The molecule has 1 atom stereocenters. The van der Waals surface area contributed by atoms with Crippen LogP contribution >= 0.6 is 0 Å². The maximum absolute atomic E-state index is 10.2. The standard InChI is InChI=1S/C7H16N2O4/c8-7(12)5-13-2-1-9-3-6(11)4-10/h6,9-11H,1-5H2,(H2,8,12). The van der Waals surface area contributed by atoms with Crippen LogP contribution in [-0.2, 0) is 9.53 Å². The van der Waals surface area contributed by atoms with Gasteiger partial charge in [-0.3, -0.25) is 4.79 Å². The maximum atomic E-state index is 10.2. The van der Waals surface area contributed by atoms with Crippen molar-refractivity contribution >= 4 is 5.91 Å². The Bertz CT molecular complexity index is 142. The second-order valence-corrected chi connectivity index (χ2v) is 2.56. The first kappa shape index (κ1) is 12.3. The van der Waals surface area contributed by atoms with Gasteiger partial charge >= 0.3 is 0 Å². The number of hydrogen-bond acceptors (Lipinski definition) is 5. The van der Waals surface area contributed by atoms with E-state index in [-0.39, 0.29) is 13.2 Å². The number of ether oxygens (including phenoxy) is 1. The fraction of sp³-hybridized carbons (Fsp3) is 0.857. The predicted octanol–water partition coefficient (Wildman–Crippen LogP) is -2.57. The Hall–Kier alpha value is -0.690. The lowest BCUT2D eigenvalue weighted by atomic mass is 10.4. The van der Waals surface area contributed by atoms with E-state index in [9.17, 15) is 4.79 Å². The fourth-order valence-electron chi connectivity index (χ4n) is 0.650. The number of hydrogen-bond donors (Lipinski definition) is 4. The van der Waals surface area contributed by atoms with Gasteiger partial charge in [0.05, 0.1) is 19.3 Å². The number of nitrogens with two attached hydrogens (primary N) is 1. The number of nitrogens with one attached hydrogen (secondary N) is 1. The van der Waals surface area contributed by atoms with Gasteiger partial charge in [-0.25, -0.2) is 0 Å². The molecule has 0 saturated carbocycles. The van der Waals surface area contributed by atoms with E-state index in [0.717, 1.165) is 0 Å². The molecular formula is C7H16N2O4. The molecule has 0 heterocycles. The number of carbonyl (C=O) groups is 1. The third kappa shape index (κ3) is 9.22. The summed E-state index contributed by atoms with van der Waals surface area (Å²) in [4.78, 5) is 10.2. The lowest BCUT2D eigenvalue weighted by Crippen LogP contribution is -2.32. The summed E-state index contributed by atoms with van der Waals surface area (Å²) in [7, 11) is 0. The average Bonchev–Trinajstić information content (AvgIpc) is 2.10. The van der Waals surface area contributed by atoms with Crippen molar-refractivity contribution in [1.29, 1.82) is 0 Å². The number of rotatable bonds is 8. The second kappa shape index (κ2) is 7.93. The zero-order valence-corrected chi connectivity index (χ0v) is 7.40. The molecule has 0 aromatic carbocycles. The molecule has 1 unspecified atom stereocenters. The van der Waals surface area contributed by atoms with Crippen LogP contribution in [0.25, 0.3) is 0 Å². The van der Waals surface area contributed by atoms with Gasteiger partial charge in [0.25, 0.3) is 0 Å². The second-order valence-electron chi connectivity index (χ2n) is 2.56. The van der Waals surface area contributed by atoms with Gasteiger partial charge < -0.3 is 26.0 Å². The minimum absolute atomic E-state index is 0.0930. The number of aliphatic hydroxyl groups is 2. The molecule has 0 fully saturated rings. The molecule has 0 spiro atoms. The van der Waals surface area contributed by atoms with Crippen molar-refractivity contribution in [2.75, 3.05) is 32.9 Å². The van der Waals surface area contributed by atoms with Crippen LogP contribution in [0.15, 0.2) is 0 Å². The van der Waals surface area contributed by atoms with Crippen LogP contribution in [-0.4, -0.2) is 55.1 Å².